The van der Waals surface area contributed by atoms with Gasteiger partial charge in [0.2, 0.25) is 0 Å². The highest BCUT2D eigenvalue weighted by atomic mass is 79.9. The van der Waals surface area contributed by atoms with Crippen LogP contribution < -0.4 is 11.1 Å². The van der Waals surface area contributed by atoms with Gasteiger partial charge in [0.15, 0.2) is 5.82 Å². The normalized spacial score (nSPS) is 10.4. The average Bonchev–Trinajstić information content (AvgIpc) is 2.33. The standard InChI is InChI=1S/C13H8BrF3N2S/c14-9-3-6(15)4-11(17)12(9)19-7-1-2-8(13(18)20)10(16)5-7/h1-5,19H,(H2,18,20). The predicted octanol–water partition coefficient (Wildman–Crippen LogP) is 4.24. The Morgan fingerprint density at radius 3 is 2.35 bits per heavy atom. The highest BCUT2D eigenvalue weighted by molar-refractivity contribution is 9.10. The zero-order valence-electron chi connectivity index (χ0n) is 9.88. The lowest BCUT2D eigenvalue weighted by Crippen LogP contribution is -2.11. The maximum absolute atomic E-state index is 13.7. The lowest BCUT2D eigenvalue weighted by atomic mass is 10.2. The maximum Gasteiger partial charge on any atom is 0.150 e. The van der Waals surface area contributed by atoms with Gasteiger partial charge < -0.3 is 11.1 Å². The van der Waals surface area contributed by atoms with E-state index in [4.69, 9.17) is 5.73 Å². The molecule has 0 atom stereocenters. The van der Waals surface area contributed by atoms with E-state index in [1.165, 1.54) is 12.1 Å². The van der Waals surface area contributed by atoms with Crippen molar-refractivity contribution in [3.05, 3.63) is 57.8 Å². The number of rotatable bonds is 3. The Kier molecular flexibility index (Phi) is 4.29. The van der Waals surface area contributed by atoms with Gasteiger partial charge >= 0.3 is 0 Å². The minimum atomic E-state index is -0.796. The quantitative estimate of drug-likeness (QED) is 0.803. The summed E-state index contributed by atoms with van der Waals surface area (Å²) in [5.41, 5.74) is 5.74. The first-order chi connectivity index (χ1) is 9.38. The van der Waals surface area contributed by atoms with Gasteiger partial charge in [0, 0.05) is 21.8 Å². The van der Waals surface area contributed by atoms with Crippen LogP contribution in [-0.4, -0.2) is 4.99 Å². The van der Waals surface area contributed by atoms with Crippen LogP contribution in [0.25, 0.3) is 0 Å². The van der Waals surface area contributed by atoms with Crippen molar-refractivity contribution >= 4 is 44.5 Å². The van der Waals surface area contributed by atoms with E-state index in [0.717, 1.165) is 18.2 Å². The van der Waals surface area contributed by atoms with Crippen LogP contribution in [0.15, 0.2) is 34.8 Å². The molecule has 0 amide bonds. The number of anilines is 2. The Morgan fingerprint density at radius 2 is 1.80 bits per heavy atom. The molecule has 2 rings (SSSR count). The van der Waals surface area contributed by atoms with Gasteiger partial charge in [-0.25, -0.2) is 13.2 Å². The highest BCUT2D eigenvalue weighted by Crippen LogP contribution is 2.30. The summed E-state index contributed by atoms with van der Waals surface area (Å²) >= 11 is 7.72. The van der Waals surface area contributed by atoms with Crippen LogP contribution in [0.3, 0.4) is 0 Å². The van der Waals surface area contributed by atoms with Crippen LogP contribution >= 0.6 is 28.1 Å². The molecule has 2 aromatic rings. The van der Waals surface area contributed by atoms with Crippen molar-refractivity contribution in [3.63, 3.8) is 0 Å². The van der Waals surface area contributed by atoms with Gasteiger partial charge in [-0.3, -0.25) is 0 Å². The lowest BCUT2D eigenvalue weighted by molar-refractivity contribution is 0.584. The first-order valence-electron chi connectivity index (χ1n) is 5.39. The number of benzene rings is 2. The Labute approximate surface area is 126 Å². The summed E-state index contributed by atoms with van der Waals surface area (Å²) in [7, 11) is 0. The molecule has 7 heteroatoms. The van der Waals surface area contributed by atoms with E-state index in [0.29, 0.717) is 0 Å². The summed E-state index contributed by atoms with van der Waals surface area (Å²) in [6.07, 6.45) is 0. The third-order valence-electron chi connectivity index (χ3n) is 2.51. The molecule has 0 unspecified atom stereocenters. The molecule has 2 aromatic carbocycles. The summed E-state index contributed by atoms with van der Waals surface area (Å²) in [6.45, 7) is 0. The molecule has 0 saturated heterocycles. The van der Waals surface area contributed by atoms with Crippen molar-refractivity contribution in [1.29, 1.82) is 0 Å². The van der Waals surface area contributed by atoms with Gasteiger partial charge in [0.1, 0.15) is 16.6 Å². The molecule has 0 aliphatic carbocycles. The molecule has 0 fully saturated rings. The molecule has 104 valence electrons. The van der Waals surface area contributed by atoms with Gasteiger partial charge in [0.25, 0.3) is 0 Å². The summed E-state index contributed by atoms with van der Waals surface area (Å²) in [5, 5.41) is 2.66. The van der Waals surface area contributed by atoms with Crippen molar-refractivity contribution < 1.29 is 13.2 Å². The second kappa shape index (κ2) is 5.80. The molecule has 0 heterocycles. The van der Waals surface area contributed by atoms with E-state index in [9.17, 15) is 13.2 Å². The minimum Gasteiger partial charge on any atom is -0.389 e. The third-order valence-corrected chi connectivity index (χ3v) is 3.36. The van der Waals surface area contributed by atoms with E-state index in [-0.39, 0.29) is 26.4 Å². The van der Waals surface area contributed by atoms with E-state index >= 15 is 0 Å². The molecule has 0 aliphatic rings. The fourth-order valence-electron chi connectivity index (χ4n) is 1.60. The van der Waals surface area contributed by atoms with Crippen LogP contribution in [0.1, 0.15) is 5.56 Å². The molecular formula is C13H8BrF3N2S. The largest absolute Gasteiger partial charge is 0.389 e. The summed E-state index contributed by atoms with van der Waals surface area (Å²) in [6, 6.07) is 5.84. The molecule has 0 bridgehead atoms. The van der Waals surface area contributed by atoms with Crippen LogP contribution in [0.5, 0.6) is 0 Å². The Balaban J connectivity index is 2.36. The number of thiocarbonyl (C=S) groups is 1. The first kappa shape index (κ1) is 14.8. The minimum absolute atomic E-state index is 0.00822. The smallest absolute Gasteiger partial charge is 0.150 e. The Bertz CT molecular complexity index is 668. The van der Waals surface area contributed by atoms with Crippen molar-refractivity contribution in [3.8, 4) is 0 Å². The van der Waals surface area contributed by atoms with Crippen LogP contribution in [0.2, 0.25) is 0 Å². The van der Waals surface area contributed by atoms with Crippen LogP contribution in [0, 0.1) is 17.5 Å². The molecule has 0 saturated carbocycles. The summed E-state index contributed by atoms with van der Waals surface area (Å²) in [4.78, 5) is -0.0665. The van der Waals surface area contributed by atoms with Gasteiger partial charge in [-0.1, -0.05) is 12.2 Å². The number of hydrogen-bond acceptors (Lipinski definition) is 2. The SMILES string of the molecule is NC(=S)c1ccc(Nc2c(F)cc(F)cc2Br)cc1F. The Morgan fingerprint density at radius 1 is 1.10 bits per heavy atom. The highest BCUT2D eigenvalue weighted by Gasteiger charge is 2.11. The molecule has 0 aliphatic heterocycles. The fraction of sp³-hybridized carbons (Fsp3) is 0. The molecule has 3 N–H and O–H groups in total. The van der Waals surface area contributed by atoms with Crippen molar-refractivity contribution in [1.82, 2.24) is 0 Å². The molecule has 0 radical (unpaired) electrons. The van der Waals surface area contributed by atoms with Crippen molar-refractivity contribution in [2.75, 3.05) is 5.32 Å². The fourth-order valence-corrected chi connectivity index (χ4v) is 2.27. The van der Waals surface area contributed by atoms with E-state index in [2.05, 4.69) is 33.5 Å². The van der Waals surface area contributed by atoms with E-state index in [1.807, 2.05) is 0 Å². The molecular weight excluding hydrogens is 353 g/mol. The van der Waals surface area contributed by atoms with Gasteiger partial charge in [-0.15, -0.1) is 0 Å². The molecule has 20 heavy (non-hydrogen) atoms. The number of halogens is 4. The summed E-state index contributed by atoms with van der Waals surface area (Å²) < 4.78 is 40.5. The topological polar surface area (TPSA) is 38.0 Å². The Hall–Kier alpha value is -1.60. The number of nitrogens with two attached hydrogens (primary N) is 1. The van der Waals surface area contributed by atoms with Crippen molar-refractivity contribution in [2.24, 2.45) is 5.73 Å². The van der Waals surface area contributed by atoms with Crippen LogP contribution in [0.4, 0.5) is 24.5 Å². The van der Waals surface area contributed by atoms with Crippen molar-refractivity contribution in [2.45, 2.75) is 0 Å². The van der Waals surface area contributed by atoms with E-state index in [1.54, 1.807) is 0 Å². The van der Waals surface area contributed by atoms with Gasteiger partial charge in [0.05, 0.1) is 5.69 Å². The molecule has 0 spiro atoms. The monoisotopic (exact) mass is 360 g/mol. The third kappa shape index (κ3) is 3.10. The number of nitrogens with one attached hydrogen (secondary N) is 1. The zero-order valence-corrected chi connectivity index (χ0v) is 12.3. The maximum atomic E-state index is 13.7. The summed E-state index contributed by atoms with van der Waals surface area (Å²) in [5.74, 6) is -2.13. The molecule has 0 aromatic heterocycles. The number of hydrogen-bond donors (Lipinski definition) is 2. The zero-order chi connectivity index (χ0) is 14.9. The second-order valence-electron chi connectivity index (χ2n) is 3.93. The van der Waals surface area contributed by atoms with Gasteiger partial charge in [-0.05, 0) is 40.2 Å². The van der Waals surface area contributed by atoms with Crippen LogP contribution in [-0.2, 0) is 0 Å². The van der Waals surface area contributed by atoms with E-state index < -0.39 is 17.5 Å². The lowest BCUT2D eigenvalue weighted by Gasteiger charge is -2.11. The van der Waals surface area contributed by atoms with Gasteiger partial charge in [-0.2, -0.15) is 0 Å². The first-order valence-corrected chi connectivity index (χ1v) is 6.59. The average molecular weight is 361 g/mol. The predicted molar refractivity (Wildman–Crippen MR) is 79.6 cm³/mol. The molecule has 2 nitrogen and oxygen atoms in total. The second-order valence-corrected chi connectivity index (χ2v) is 5.22.